The molecule has 23 heavy (non-hydrogen) atoms. The number of sulfone groups is 1. The molecule has 0 spiro atoms. The third-order valence-corrected chi connectivity index (χ3v) is 4.10. The number of aromatic amines is 1. The van der Waals surface area contributed by atoms with Gasteiger partial charge in [0.05, 0.1) is 16.7 Å². The molecular weight excluding hydrogens is 320 g/mol. The van der Waals surface area contributed by atoms with Crippen LogP contribution in [0.25, 0.3) is 11.1 Å². The molecule has 0 aliphatic rings. The first kappa shape index (κ1) is 17.2. The molecule has 0 radical (unpaired) electrons. The topological polar surface area (TPSA) is 109 Å². The summed E-state index contributed by atoms with van der Waals surface area (Å²) in [5, 5.41) is 15.8. The van der Waals surface area contributed by atoms with Gasteiger partial charge in [0, 0.05) is 11.8 Å². The van der Waals surface area contributed by atoms with E-state index < -0.39 is 21.0 Å². The first-order valence-electron chi connectivity index (χ1n) is 6.81. The van der Waals surface area contributed by atoms with Crippen LogP contribution in [0.4, 0.5) is 0 Å². The van der Waals surface area contributed by atoms with Crippen LogP contribution < -0.4 is 10.3 Å². The fourth-order valence-electron chi connectivity index (χ4n) is 1.87. The van der Waals surface area contributed by atoms with Gasteiger partial charge in [-0.25, -0.2) is 13.5 Å². The highest BCUT2D eigenvalue weighted by atomic mass is 32.2. The summed E-state index contributed by atoms with van der Waals surface area (Å²) in [6, 6.07) is 6.05. The predicted molar refractivity (Wildman–Crippen MR) is 85.2 cm³/mol. The maximum absolute atomic E-state index is 11.9. The average molecular weight is 338 g/mol. The van der Waals surface area contributed by atoms with Crippen molar-refractivity contribution < 1.29 is 18.3 Å². The van der Waals surface area contributed by atoms with Crippen LogP contribution in [0.3, 0.4) is 0 Å². The minimum Gasteiger partial charge on any atom is -0.484 e. The van der Waals surface area contributed by atoms with Crippen molar-refractivity contribution in [3.63, 3.8) is 0 Å². The molecule has 2 rings (SSSR count). The van der Waals surface area contributed by atoms with E-state index in [4.69, 9.17) is 4.74 Å². The predicted octanol–water partition coefficient (Wildman–Crippen LogP) is 0.990. The highest BCUT2D eigenvalue weighted by molar-refractivity contribution is 7.90. The molecule has 0 amide bonds. The van der Waals surface area contributed by atoms with Gasteiger partial charge in [-0.1, -0.05) is 12.1 Å². The quantitative estimate of drug-likeness (QED) is 0.841. The molecule has 2 N–H and O–H groups in total. The minimum absolute atomic E-state index is 0.0224. The van der Waals surface area contributed by atoms with Crippen molar-refractivity contribution in [3.8, 4) is 16.9 Å². The fourth-order valence-corrected chi connectivity index (χ4v) is 2.50. The number of H-pyrrole nitrogens is 1. The number of aliphatic hydroxyl groups is 1. The number of hydrogen-bond donors (Lipinski definition) is 2. The van der Waals surface area contributed by atoms with Gasteiger partial charge in [0.2, 0.25) is 0 Å². The molecule has 1 heterocycles. The third kappa shape index (κ3) is 4.40. The van der Waals surface area contributed by atoms with E-state index in [1.54, 1.807) is 26.0 Å². The van der Waals surface area contributed by atoms with Crippen LogP contribution in [0.1, 0.15) is 13.8 Å². The maximum Gasteiger partial charge on any atom is 0.307 e. The van der Waals surface area contributed by atoms with Crippen molar-refractivity contribution in [1.29, 1.82) is 0 Å². The van der Waals surface area contributed by atoms with E-state index in [0.29, 0.717) is 11.1 Å². The van der Waals surface area contributed by atoms with Gasteiger partial charge in [-0.15, -0.1) is 0 Å². The Kier molecular flexibility index (Phi) is 4.58. The highest BCUT2D eigenvalue weighted by Crippen LogP contribution is 2.27. The molecule has 8 heteroatoms. The molecule has 0 fully saturated rings. The van der Waals surface area contributed by atoms with Crippen molar-refractivity contribution >= 4 is 9.84 Å². The number of aromatic nitrogens is 2. The van der Waals surface area contributed by atoms with Crippen LogP contribution in [0.15, 0.2) is 40.2 Å². The zero-order valence-electron chi connectivity index (χ0n) is 13.0. The van der Waals surface area contributed by atoms with Gasteiger partial charge in [-0.3, -0.25) is 4.79 Å². The number of nitrogens with zero attached hydrogens (tertiary/aromatic N) is 1. The number of benzene rings is 1. The molecule has 1 aromatic heterocycles. The smallest absolute Gasteiger partial charge is 0.307 e. The second kappa shape index (κ2) is 6.13. The highest BCUT2D eigenvalue weighted by Gasteiger charge is 2.18. The number of hydrogen-bond acceptors (Lipinski definition) is 6. The van der Waals surface area contributed by atoms with E-state index in [0.717, 1.165) is 6.26 Å². The zero-order chi connectivity index (χ0) is 17.3. The van der Waals surface area contributed by atoms with Crippen LogP contribution in [-0.2, 0) is 9.84 Å². The van der Waals surface area contributed by atoms with Crippen LogP contribution in [0.5, 0.6) is 5.75 Å². The van der Waals surface area contributed by atoms with Gasteiger partial charge in [0.15, 0.2) is 15.6 Å². The Hall–Kier alpha value is -2.19. The SMILES string of the molecule is CC(C)(O)COc1c(-c2ccc(S(C)(=O)=O)cc2)cn[nH]c1=O. The van der Waals surface area contributed by atoms with Gasteiger partial charge < -0.3 is 9.84 Å². The van der Waals surface area contributed by atoms with Gasteiger partial charge in [0.25, 0.3) is 0 Å². The fraction of sp³-hybridized carbons (Fsp3) is 0.333. The minimum atomic E-state index is -3.30. The molecule has 0 aliphatic heterocycles. The Morgan fingerprint density at radius 3 is 2.39 bits per heavy atom. The molecule has 0 saturated heterocycles. The van der Waals surface area contributed by atoms with Crippen LogP contribution in [-0.4, -0.2) is 42.2 Å². The molecule has 0 bridgehead atoms. The first-order chi connectivity index (χ1) is 10.6. The molecule has 2 aromatic rings. The van der Waals surface area contributed by atoms with Crippen LogP contribution in [0.2, 0.25) is 0 Å². The zero-order valence-corrected chi connectivity index (χ0v) is 13.8. The van der Waals surface area contributed by atoms with Gasteiger partial charge in [0.1, 0.15) is 6.61 Å². The Morgan fingerprint density at radius 2 is 1.87 bits per heavy atom. The lowest BCUT2D eigenvalue weighted by molar-refractivity contribution is 0.0281. The Labute approximate surface area is 133 Å². The molecule has 0 saturated carbocycles. The number of ether oxygens (including phenoxy) is 1. The van der Waals surface area contributed by atoms with Gasteiger partial charge in [-0.05, 0) is 31.5 Å². The van der Waals surface area contributed by atoms with Crippen molar-refractivity contribution in [2.75, 3.05) is 12.9 Å². The summed E-state index contributed by atoms with van der Waals surface area (Å²) in [4.78, 5) is 12.1. The lowest BCUT2D eigenvalue weighted by atomic mass is 10.1. The van der Waals surface area contributed by atoms with E-state index >= 15 is 0 Å². The molecule has 0 atom stereocenters. The van der Waals surface area contributed by atoms with E-state index in [-0.39, 0.29) is 17.3 Å². The molecule has 0 unspecified atom stereocenters. The second-order valence-electron chi connectivity index (χ2n) is 5.84. The molecular formula is C15H18N2O5S. The normalized spacial score (nSPS) is 12.2. The Balaban J connectivity index is 2.43. The lowest BCUT2D eigenvalue weighted by Crippen LogP contribution is -2.29. The molecule has 1 aromatic carbocycles. The maximum atomic E-state index is 11.9. The summed E-state index contributed by atoms with van der Waals surface area (Å²) in [5.74, 6) is 0.0224. The van der Waals surface area contributed by atoms with Gasteiger partial charge >= 0.3 is 5.56 Å². The standard InChI is InChI=1S/C15H18N2O5S/c1-15(2,19)9-22-13-12(8-16-17-14(13)18)10-4-6-11(7-5-10)23(3,20)21/h4-8,19H,9H2,1-3H3,(H,17,18). The molecule has 7 nitrogen and oxygen atoms in total. The third-order valence-electron chi connectivity index (χ3n) is 2.97. The summed E-state index contributed by atoms with van der Waals surface area (Å²) in [7, 11) is -3.30. The number of rotatable bonds is 5. The van der Waals surface area contributed by atoms with E-state index in [9.17, 15) is 18.3 Å². The summed E-state index contributed by atoms with van der Waals surface area (Å²) in [6.07, 6.45) is 2.53. The second-order valence-corrected chi connectivity index (χ2v) is 7.86. The first-order valence-corrected chi connectivity index (χ1v) is 8.70. The Bertz CT molecular complexity index is 849. The largest absolute Gasteiger partial charge is 0.484 e. The van der Waals surface area contributed by atoms with Crippen molar-refractivity contribution in [3.05, 3.63) is 40.8 Å². The van der Waals surface area contributed by atoms with Crippen molar-refractivity contribution in [1.82, 2.24) is 10.2 Å². The van der Waals surface area contributed by atoms with E-state index in [2.05, 4.69) is 10.2 Å². The molecule has 124 valence electrons. The van der Waals surface area contributed by atoms with Crippen molar-refractivity contribution in [2.24, 2.45) is 0 Å². The van der Waals surface area contributed by atoms with E-state index in [1.165, 1.54) is 18.3 Å². The Morgan fingerprint density at radius 1 is 1.26 bits per heavy atom. The number of nitrogens with one attached hydrogen (secondary N) is 1. The molecule has 0 aliphatic carbocycles. The van der Waals surface area contributed by atoms with Crippen LogP contribution in [0, 0.1) is 0 Å². The summed E-state index contributed by atoms with van der Waals surface area (Å²) in [5.41, 5.74) is -0.633. The van der Waals surface area contributed by atoms with Crippen molar-refractivity contribution in [2.45, 2.75) is 24.3 Å². The van der Waals surface area contributed by atoms with Crippen LogP contribution >= 0.6 is 0 Å². The summed E-state index contributed by atoms with van der Waals surface area (Å²) >= 11 is 0. The monoisotopic (exact) mass is 338 g/mol. The lowest BCUT2D eigenvalue weighted by Gasteiger charge is -2.18. The summed E-state index contributed by atoms with van der Waals surface area (Å²) in [6.45, 7) is 3.04. The van der Waals surface area contributed by atoms with Gasteiger partial charge in [-0.2, -0.15) is 5.10 Å². The summed E-state index contributed by atoms with van der Waals surface area (Å²) < 4.78 is 28.4. The average Bonchev–Trinajstić information content (AvgIpc) is 2.44. The van der Waals surface area contributed by atoms with E-state index in [1.807, 2.05) is 0 Å².